The first-order valence-electron chi connectivity index (χ1n) is 3.80. The third-order valence-corrected chi connectivity index (χ3v) is 1.67. The van der Waals surface area contributed by atoms with Gasteiger partial charge >= 0.3 is 0 Å². The molecule has 0 aliphatic heterocycles. The van der Waals surface area contributed by atoms with E-state index in [1.165, 1.54) is 0 Å². The molecule has 0 N–H and O–H groups in total. The second-order valence-corrected chi connectivity index (χ2v) is 3.16. The molecule has 0 aliphatic carbocycles. The number of hydrogen-bond acceptors (Lipinski definition) is 1. The fourth-order valence-corrected chi connectivity index (χ4v) is 1.04. The molecule has 0 aliphatic rings. The number of aromatic nitrogens is 1. The van der Waals surface area contributed by atoms with E-state index in [-0.39, 0.29) is 0 Å². The predicted octanol–water partition coefficient (Wildman–Crippen LogP) is 1.75. The molecule has 0 atom stereocenters. The van der Waals surface area contributed by atoms with Gasteiger partial charge in [-0.05, 0) is 18.9 Å². The third kappa shape index (κ3) is 1.93. The highest BCUT2D eigenvalue weighted by molar-refractivity contribution is 5.16. The summed E-state index contributed by atoms with van der Waals surface area (Å²) in [4.78, 5) is 0. The van der Waals surface area contributed by atoms with Gasteiger partial charge in [-0.1, -0.05) is 13.8 Å². The Bertz CT molecular complexity index is 235. The highest BCUT2D eigenvalue weighted by Gasteiger charge is 2.03. The molecule has 0 saturated carbocycles. The summed E-state index contributed by atoms with van der Waals surface area (Å²) >= 11 is 0. The maximum Gasteiger partial charge on any atom is 0.183 e. The Labute approximate surface area is 67.1 Å². The van der Waals surface area contributed by atoms with Crippen LogP contribution in [0.2, 0.25) is 0 Å². The molecule has 1 heterocycles. The standard InChI is InChI=1S/C9H13NO/c1-7(2)9-4-8(3)5-10(11)6-9/h4-7H,1-3H3. The molecule has 0 bridgehead atoms. The first-order chi connectivity index (χ1) is 5.09. The van der Waals surface area contributed by atoms with E-state index in [1.807, 2.05) is 13.0 Å². The Morgan fingerprint density at radius 2 is 2.00 bits per heavy atom. The van der Waals surface area contributed by atoms with E-state index < -0.39 is 0 Å². The molecule has 2 nitrogen and oxygen atoms in total. The fraction of sp³-hybridized carbons (Fsp3) is 0.444. The molecule has 1 aromatic rings. The van der Waals surface area contributed by atoms with Crippen LogP contribution in [0.4, 0.5) is 0 Å². The molecule has 0 unspecified atom stereocenters. The highest BCUT2D eigenvalue weighted by Crippen LogP contribution is 2.12. The molecule has 1 aromatic heterocycles. The normalized spacial score (nSPS) is 10.5. The van der Waals surface area contributed by atoms with E-state index in [0.717, 1.165) is 15.9 Å². The van der Waals surface area contributed by atoms with Crippen molar-refractivity contribution in [2.24, 2.45) is 0 Å². The van der Waals surface area contributed by atoms with Gasteiger partial charge in [-0.2, -0.15) is 4.73 Å². The van der Waals surface area contributed by atoms with Crippen LogP contribution < -0.4 is 4.73 Å². The number of pyridine rings is 1. The zero-order valence-corrected chi connectivity index (χ0v) is 7.16. The lowest BCUT2D eigenvalue weighted by Crippen LogP contribution is -2.26. The molecule has 2 heteroatoms. The van der Waals surface area contributed by atoms with Crippen LogP contribution in [0.15, 0.2) is 18.5 Å². The molecule has 0 saturated heterocycles. The zero-order chi connectivity index (χ0) is 8.43. The third-order valence-electron chi connectivity index (χ3n) is 1.67. The number of rotatable bonds is 1. The van der Waals surface area contributed by atoms with Gasteiger partial charge in [0.05, 0.1) is 0 Å². The number of hydrogen-bond donors (Lipinski definition) is 0. The van der Waals surface area contributed by atoms with Crippen LogP contribution in [-0.2, 0) is 0 Å². The molecule has 60 valence electrons. The first kappa shape index (κ1) is 8.05. The molecule has 0 fully saturated rings. The van der Waals surface area contributed by atoms with Gasteiger partial charge in [0.25, 0.3) is 0 Å². The predicted molar refractivity (Wildman–Crippen MR) is 44.2 cm³/mol. The number of nitrogens with zero attached hydrogens (tertiary/aromatic N) is 1. The van der Waals surface area contributed by atoms with Crippen LogP contribution in [0.1, 0.15) is 30.9 Å². The van der Waals surface area contributed by atoms with Crippen LogP contribution in [0.25, 0.3) is 0 Å². The van der Waals surface area contributed by atoms with Gasteiger partial charge in [0.1, 0.15) is 0 Å². The van der Waals surface area contributed by atoms with E-state index in [0.29, 0.717) is 5.92 Å². The lowest BCUT2D eigenvalue weighted by Gasteiger charge is -2.05. The quantitative estimate of drug-likeness (QED) is 0.443. The highest BCUT2D eigenvalue weighted by atomic mass is 16.5. The Balaban J connectivity index is 3.08. The summed E-state index contributed by atoms with van der Waals surface area (Å²) in [5.41, 5.74) is 2.12. The smallest absolute Gasteiger partial charge is 0.183 e. The lowest BCUT2D eigenvalue weighted by molar-refractivity contribution is -0.606. The summed E-state index contributed by atoms with van der Waals surface area (Å²) in [7, 11) is 0. The van der Waals surface area contributed by atoms with E-state index >= 15 is 0 Å². The van der Waals surface area contributed by atoms with Crippen LogP contribution in [-0.4, -0.2) is 0 Å². The molecule has 1 rings (SSSR count). The SMILES string of the molecule is Cc1cc(C(C)C)c[n+]([O-])c1. The molecule has 11 heavy (non-hydrogen) atoms. The van der Waals surface area contributed by atoms with Gasteiger partial charge in [-0.3, -0.25) is 0 Å². The molecule has 0 radical (unpaired) electrons. The maximum absolute atomic E-state index is 10.9. The van der Waals surface area contributed by atoms with Gasteiger partial charge in [-0.15, -0.1) is 0 Å². The zero-order valence-electron chi connectivity index (χ0n) is 7.16. The van der Waals surface area contributed by atoms with E-state index in [4.69, 9.17) is 0 Å². The van der Waals surface area contributed by atoms with Gasteiger partial charge in [0, 0.05) is 11.1 Å². The van der Waals surface area contributed by atoms with Crippen molar-refractivity contribution in [2.75, 3.05) is 0 Å². The van der Waals surface area contributed by atoms with E-state index in [2.05, 4.69) is 13.8 Å². The molecule has 0 amide bonds. The van der Waals surface area contributed by atoms with Crippen LogP contribution in [0.5, 0.6) is 0 Å². The molecule has 0 spiro atoms. The number of aryl methyl sites for hydroxylation is 1. The van der Waals surface area contributed by atoms with Crippen molar-refractivity contribution in [1.82, 2.24) is 0 Å². The van der Waals surface area contributed by atoms with Gasteiger partial charge in [0.2, 0.25) is 0 Å². The Kier molecular flexibility index (Phi) is 2.13. The first-order valence-corrected chi connectivity index (χ1v) is 3.80. The van der Waals surface area contributed by atoms with Crippen molar-refractivity contribution < 1.29 is 4.73 Å². The average molecular weight is 151 g/mol. The van der Waals surface area contributed by atoms with Crippen molar-refractivity contribution in [3.8, 4) is 0 Å². The van der Waals surface area contributed by atoms with E-state index in [1.54, 1.807) is 12.4 Å². The van der Waals surface area contributed by atoms with Crippen LogP contribution in [0.3, 0.4) is 0 Å². The van der Waals surface area contributed by atoms with Gasteiger partial charge in [-0.25, -0.2) is 0 Å². The maximum atomic E-state index is 10.9. The van der Waals surface area contributed by atoms with Crippen molar-refractivity contribution in [3.63, 3.8) is 0 Å². The summed E-state index contributed by atoms with van der Waals surface area (Å²) in [6.45, 7) is 6.09. The van der Waals surface area contributed by atoms with Crippen LogP contribution in [0, 0.1) is 12.1 Å². The van der Waals surface area contributed by atoms with Gasteiger partial charge < -0.3 is 5.21 Å². The summed E-state index contributed by atoms with van der Waals surface area (Å²) in [5.74, 6) is 0.426. The minimum Gasteiger partial charge on any atom is -0.619 e. The summed E-state index contributed by atoms with van der Waals surface area (Å²) in [5, 5.41) is 10.9. The fourth-order valence-electron chi connectivity index (χ4n) is 1.04. The van der Waals surface area contributed by atoms with Crippen LogP contribution >= 0.6 is 0 Å². The molecular formula is C9H13NO. The second kappa shape index (κ2) is 2.91. The van der Waals surface area contributed by atoms with Crippen molar-refractivity contribution >= 4 is 0 Å². The lowest BCUT2D eigenvalue weighted by atomic mass is 10.0. The minimum absolute atomic E-state index is 0.426. The summed E-state index contributed by atoms with van der Waals surface area (Å²) in [6.07, 6.45) is 3.20. The largest absolute Gasteiger partial charge is 0.619 e. The topological polar surface area (TPSA) is 26.9 Å². The summed E-state index contributed by atoms with van der Waals surface area (Å²) in [6, 6.07) is 2.04. The Morgan fingerprint density at radius 3 is 2.45 bits per heavy atom. The van der Waals surface area contributed by atoms with Gasteiger partial charge in [0.15, 0.2) is 12.4 Å². The second-order valence-electron chi connectivity index (χ2n) is 3.16. The van der Waals surface area contributed by atoms with E-state index in [9.17, 15) is 5.21 Å². The monoisotopic (exact) mass is 151 g/mol. The minimum atomic E-state index is 0.426. The Hall–Kier alpha value is -1.05. The molecular weight excluding hydrogens is 138 g/mol. The summed E-state index contributed by atoms with van der Waals surface area (Å²) < 4.78 is 0.866. The average Bonchev–Trinajstić information content (AvgIpc) is 1.85. The Morgan fingerprint density at radius 1 is 1.36 bits per heavy atom. The van der Waals surface area contributed by atoms with Crippen molar-refractivity contribution in [2.45, 2.75) is 26.7 Å². The van der Waals surface area contributed by atoms with Crippen molar-refractivity contribution in [1.29, 1.82) is 0 Å². The van der Waals surface area contributed by atoms with Crippen molar-refractivity contribution in [3.05, 3.63) is 34.8 Å². The molecule has 0 aromatic carbocycles.